The monoisotopic (exact) mass is 1360 g/mol. The third-order valence-electron chi connectivity index (χ3n) is 12.3. The fourth-order valence-electron chi connectivity index (χ4n) is 8.43. The van der Waals surface area contributed by atoms with Crippen LogP contribution in [-0.2, 0) is 43.8 Å². The van der Waals surface area contributed by atoms with E-state index in [9.17, 15) is 80.6 Å². The standard InChI is InChI=1S/C51H36N14O24S4/c1-19-52-48(60-50(54-19)58-33-16-26(92(79,80)81)9-23-13-36(90-88-86-77)40(42(67)38(23)33)64-62-31-11-21(44(69)70)3-6-28(31)46(73)74)56-25-5-8-30(35(15-25)85-18-66)57-49-53-20(2)55-51(61-49)59-34-17-27(93(82,83)84)10-24-14-37(91-89-87-78)41(43(68)39(24)34)65-63-32-12-22(45(71)72)4-7-29(32)47(75)76/h3-18,67-68,77-78H,1-2H3,(H,69,70)(H,71,72)(H,73,74)(H,75,76)(H,79,80,81)(H,82,83,84)(H2,52,54,56,58,60)(H2,53,55,57,59,61). The molecule has 0 radical (unpaired) electrons. The topological polar surface area (TPSA) is 577 Å². The van der Waals surface area contributed by atoms with E-state index in [1.54, 1.807) is 0 Å². The number of nitrogens with zero attached hydrogens (tertiary/aromatic N) is 10. The third-order valence-corrected chi connectivity index (χ3v) is 15.2. The molecule has 2 aromatic heterocycles. The van der Waals surface area contributed by atoms with Crippen molar-refractivity contribution >= 4 is 166 Å². The summed E-state index contributed by atoms with van der Waals surface area (Å²) in [4.78, 5) is 83.1. The summed E-state index contributed by atoms with van der Waals surface area (Å²) in [5.74, 6) is -9.13. The number of fused-ring (bicyclic) bond motifs is 2. The minimum Gasteiger partial charge on any atom is -0.505 e. The highest BCUT2D eigenvalue weighted by molar-refractivity contribution is 7.95. The van der Waals surface area contributed by atoms with Crippen LogP contribution in [0.4, 0.5) is 69.3 Å². The summed E-state index contributed by atoms with van der Waals surface area (Å²) in [5.41, 5.74) is -4.48. The van der Waals surface area contributed by atoms with E-state index in [-0.39, 0.29) is 126 Å². The van der Waals surface area contributed by atoms with Gasteiger partial charge in [0.2, 0.25) is 23.8 Å². The van der Waals surface area contributed by atoms with Gasteiger partial charge in [-0.2, -0.15) is 46.7 Å². The Bertz CT molecular complexity index is 4900. The van der Waals surface area contributed by atoms with Gasteiger partial charge in [-0.3, -0.25) is 13.9 Å². The number of aromatic nitrogens is 6. The van der Waals surface area contributed by atoms with E-state index < -0.39 is 110 Å². The molecule has 2 heterocycles. The molecule has 0 spiro atoms. The van der Waals surface area contributed by atoms with Gasteiger partial charge in [0, 0.05) is 22.5 Å². The molecule has 7 aromatic carbocycles. The Kier molecular flexibility index (Phi) is 19.5. The number of hydrogen-bond acceptors (Lipinski definition) is 34. The lowest BCUT2D eigenvalue weighted by Crippen LogP contribution is -2.08. The van der Waals surface area contributed by atoms with Gasteiger partial charge in [-0.25, -0.2) is 29.7 Å². The van der Waals surface area contributed by atoms with E-state index in [1.807, 2.05) is 0 Å². The predicted molar refractivity (Wildman–Crippen MR) is 317 cm³/mol. The highest BCUT2D eigenvalue weighted by atomic mass is 32.2. The van der Waals surface area contributed by atoms with Crippen LogP contribution in [0.5, 0.6) is 17.2 Å². The second-order valence-corrected chi connectivity index (χ2v) is 22.6. The fraction of sp³-hybridized carbons (Fsp3) is 0.0392. The molecule has 0 aliphatic carbocycles. The molecule has 0 amide bonds. The van der Waals surface area contributed by atoms with Crippen LogP contribution in [-0.4, -0.2) is 127 Å². The maximum absolute atomic E-state index is 12.6. The average Bonchev–Trinajstić information content (AvgIpc) is 0.766. The van der Waals surface area contributed by atoms with Gasteiger partial charge in [0.05, 0.1) is 83.0 Å². The number of phenolic OH excluding ortho intramolecular Hbond substituents is 2. The van der Waals surface area contributed by atoms with Crippen LogP contribution in [0.3, 0.4) is 0 Å². The van der Waals surface area contributed by atoms with Gasteiger partial charge in [-0.15, -0.1) is 29.1 Å². The molecule has 9 aromatic rings. The van der Waals surface area contributed by atoms with Crippen LogP contribution in [0, 0.1) is 13.8 Å². The summed E-state index contributed by atoms with van der Waals surface area (Å²) in [6, 6.07) is 15.5. The molecule has 0 unspecified atom stereocenters. The van der Waals surface area contributed by atoms with Crippen LogP contribution < -0.4 is 26.0 Å². The number of hydrogen-bond donors (Lipinski definition) is 14. The molecule has 0 saturated carbocycles. The largest absolute Gasteiger partial charge is 0.505 e. The van der Waals surface area contributed by atoms with Crippen molar-refractivity contribution in [3.05, 3.63) is 125 Å². The molecule has 478 valence electrons. The van der Waals surface area contributed by atoms with Crippen molar-refractivity contribution in [2.45, 2.75) is 33.4 Å². The zero-order chi connectivity index (χ0) is 67.2. The van der Waals surface area contributed by atoms with Crippen molar-refractivity contribution < 1.29 is 115 Å². The number of carbonyl (C=O) groups is 5. The Hall–Kier alpha value is -11.3. The van der Waals surface area contributed by atoms with Crippen molar-refractivity contribution in [3.63, 3.8) is 0 Å². The van der Waals surface area contributed by atoms with Gasteiger partial charge in [-0.05, 0) is 110 Å². The zero-order valence-corrected chi connectivity index (χ0v) is 49.3. The lowest BCUT2D eigenvalue weighted by Gasteiger charge is -2.16. The number of aromatic hydroxyl groups is 2. The van der Waals surface area contributed by atoms with E-state index >= 15 is 0 Å². The molecule has 9 rings (SSSR count). The first-order chi connectivity index (χ1) is 44.1. The maximum Gasteiger partial charge on any atom is 0.337 e. The summed E-state index contributed by atoms with van der Waals surface area (Å²) in [5, 5.41) is 114. The first kappa shape index (κ1) is 66.1. The van der Waals surface area contributed by atoms with E-state index in [4.69, 9.17) is 15.3 Å². The maximum atomic E-state index is 12.6. The number of carboxylic acids is 4. The Balaban J connectivity index is 1.04. The Morgan fingerprint density at radius 2 is 0.914 bits per heavy atom. The molecule has 0 atom stereocenters. The van der Waals surface area contributed by atoms with Crippen LogP contribution in [0.15, 0.2) is 131 Å². The second-order valence-electron chi connectivity index (χ2n) is 18.3. The molecule has 0 aliphatic heterocycles. The highest BCUT2D eigenvalue weighted by Gasteiger charge is 2.26. The minimum atomic E-state index is -5.05. The average molecular weight is 1360 g/mol. The van der Waals surface area contributed by atoms with Gasteiger partial charge in [0.15, 0.2) is 17.2 Å². The molecule has 38 nitrogen and oxygen atoms in total. The van der Waals surface area contributed by atoms with Crippen LogP contribution in [0.2, 0.25) is 0 Å². The van der Waals surface area contributed by atoms with Gasteiger partial charge < -0.3 is 56.6 Å². The van der Waals surface area contributed by atoms with E-state index in [0.717, 1.165) is 72.8 Å². The normalized spacial score (nSPS) is 11.7. The number of aromatic carboxylic acids is 4. The van der Waals surface area contributed by atoms with Gasteiger partial charge in [0.1, 0.15) is 34.4 Å². The molecule has 0 fully saturated rings. The van der Waals surface area contributed by atoms with Crippen LogP contribution >= 0.6 is 24.1 Å². The summed E-state index contributed by atoms with van der Waals surface area (Å²) in [6.07, 6.45) is 0. The Morgan fingerprint density at radius 1 is 0.505 bits per heavy atom. The summed E-state index contributed by atoms with van der Waals surface area (Å²) in [7, 11) is -10.1. The summed E-state index contributed by atoms with van der Waals surface area (Å²) >= 11 is 0.380. The van der Waals surface area contributed by atoms with Gasteiger partial charge in [-0.1, -0.05) is 10.1 Å². The highest BCUT2D eigenvalue weighted by Crippen LogP contribution is 2.50. The number of carboxylic acid groups (broad SMARTS) is 4. The number of rotatable bonds is 26. The van der Waals surface area contributed by atoms with E-state index in [1.165, 1.54) is 32.0 Å². The lowest BCUT2D eigenvalue weighted by molar-refractivity contribution is -0.432. The Labute approximate surface area is 524 Å². The molecule has 0 bridgehead atoms. The molecule has 93 heavy (non-hydrogen) atoms. The van der Waals surface area contributed by atoms with Crippen molar-refractivity contribution in [2.75, 3.05) is 21.3 Å². The van der Waals surface area contributed by atoms with Crippen LogP contribution in [0.1, 0.15) is 53.1 Å². The van der Waals surface area contributed by atoms with E-state index in [2.05, 4.69) is 90.4 Å². The van der Waals surface area contributed by atoms with E-state index in [0.29, 0.717) is 0 Å². The van der Waals surface area contributed by atoms with Crippen molar-refractivity contribution in [1.82, 2.24) is 29.9 Å². The predicted octanol–water partition coefficient (Wildman–Crippen LogP) is 9.87. The summed E-state index contributed by atoms with van der Waals surface area (Å²) in [6.45, 7) is 2.89. The first-order valence-corrected chi connectivity index (χ1v) is 29.2. The van der Waals surface area contributed by atoms with Gasteiger partial charge >= 0.3 is 23.9 Å². The number of benzene rings is 7. The molecule has 0 saturated heterocycles. The number of ether oxygens (including phenoxy) is 1. The number of phenols is 2. The number of anilines is 8. The molecular formula is C51H36N14O24S4. The number of azo groups is 2. The fourth-order valence-corrected chi connectivity index (χ4v) is 10.5. The SMILES string of the molecule is Cc1nc(Nc2ccc(Nc3nc(C)nc(Nc4cc(S(=O)(=O)O)cc5cc(SOOO)c(N=Nc6cc(C(=O)O)ccc6C(=O)O)c(O)c45)n3)c(OC=O)c2)nc(Nc2cc(S(=O)(=O)O)cc3cc(SOOO)c(N=Nc4cc(C(=O)O)ccc4C(=O)O)c(O)c23)n1. The number of aryl methyl sites for hydroxylation is 2. The minimum absolute atomic E-state index is 0.000947. The third kappa shape index (κ3) is 15.3. The quantitative estimate of drug-likeness (QED) is 0.00598. The number of nitrogens with one attached hydrogen (secondary N) is 4. The van der Waals surface area contributed by atoms with Crippen molar-refractivity contribution in [2.24, 2.45) is 20.5 Å². The van der Waals surface area contributed by atoms with Crippen molar-refractivity contribution in [1.29, 1.82) is 0 Å². The lowest BCUT2D eigenvalue weighted by atomic mass is 10.1. The van der Waals surface area contributed by atoms with Crippen molar-refractivity contribution in [3.8, 4) is 17.2 Å². The molecule has 14 N–H and O–H groups in total. The number of carbonyl (C=O) groups excluding carboxylic acids is 1. The van der Waals surface area contributed by atoms with Gasteiger partial charge in [0.25, 0.3) is 26.7 Å². The molecule has 42 heteroatoms. The molecular weight excluding hydrogens is 1320 g/mol. The zero-order valence-electron chi connectivity index (χ0n) is 46.0. The Morgan fingerprint density at radius 3 is 1.29 bits per heavy atom. The smallest absolute Gasteiger partial charge is 0.337 e. The summed E-state index contributed by atoms with van der Waals surface area (Å²) < 4.78 is 85.3. The van der Waals surface area contributed by atoms with Crippen LogP contribution in [0.25, 0.3) is 21.5 Å². The molecule has 0 aliphatic rings. The first-order valence-electron chi connectivity index (χ1n) is 24.9. The second kappa shape index (κ2) is 27.4.